The van der Waals surface area contributed by atoms with Crippen molar-refractivity contribution in [2.45, 2.75) is 64.1 Å². The van der Waals surface area contributed by atoms with Gasteiger partial charge in [-0.05, 0) is 55.1 Å². The number of carbonyl (C=O) groups is 1. The van der Waals surface area contributed by atoms with Crippen LogP contribution in [0.25, 0.3) is 0 Å². The van der Waals surface area contributed by atoms with Gasteiger partial charge in [0.15, 0.2) is 11.5 Å². The number of ketones is 1. The summed E-state index contributed by atoms with van der Waals surface area (Å²) >= 11 is 0. The van der Waals surface area contributed by atoms with Crippen molar-refractivity contribution < 1.29 is 28.2 Å². The van der Waals surface area contributed by atoms with Crippen LogP contribution in [0.15, 0.2) is 23.3 Å². The molecule has 4 aliphatic rings. The van der Waals surface area contributed by atoms with Crippen molar-refractivity contribution in [3.05, 3.63) is 23.3 Å². The monoisotopic (exact) mass is 384 g/mol. The molecule has 3 saturated carbocycles. The van der Waals surface area contributed by atoms with Crippen molar-refractivity contribution in [2.75, 3.05) is 6.67 Å². The molecule has 4 aliphatic carbocycles. The van der Waals surface area contributed by atoms with Gasteiger partial charge in [-0.2, -0.15) is 0 Å². The van der Waals surface area contributed by atoms with Gasteiger partial charge in [-0.15, -0.1) is 0 Å². The van der Waals surface area contributed by atoms with Crippen LogP contribution in [-0.2, 0) is 4.79 Å². The second kappa shape index (κ2) is 5.69. The summed E-state index contributed by atoms with van der Waals surface area (Å²) in [7, 11) is 0. The Hall–Kier alpha value is -1.14. The van der Waals surface area contributed by atoms with Crippen LogP contribution in [0.5, 0.6) is 0 Å². The number of allylic oxidation sites excluding steroid dienone is 4. The number of alkyl halides is 3. The summed E-state index contributed by atoms with van der Waals surface area (Å²) in [5, 5.41) is 21.6. The molecule has 0 saturated heterocycles. The predicted octanol–water partition coefficient (Wildman–Crippen LogP) is 3.25. The molecule has 3 nitrogen and oxygen atoms in total. The number of carbonyl (C=O) groups excluding carboxylic acids is 1. The van der Waals surface area contributed by atoms with Crippen molar-refractivity contribution >= 4 is 5.78 Å². The third kappa shape index (κ3) is 2.14. The molecule has 150 valence electrons. The van der Waals surface area contributed by atoms with E-state index in [4.69, 9.17) is 0 Å². The fraction of sp³-hybridized carbons (Fsp3) is 0.762. The van der Waals surface area contributed by atoms with E-state index >= 15 is 8.78 Å². The van der Waals surface area contributed by atoms with E-state index in [0.29, 0.717) is 6.42 Å². The molecule has 0 aromatic rings. The highest BCUT2D eigenvalue weighted by atomic mass is 19.1. The van der Waals surface area contributed by atoms with Crippen LogP contribution in [0, 0.1) is 28.6 Å². The number of halogens is 3. The Morgan fingerprint density at radius 1 is 1.22 bits per heavy atom. The van der Waals surface area contributed by atoms with Crippen LogP contribution < -0.4 is 0 Å². The summed E-state index contributed by atoms with van der Waals surface area (Å²) in [6.07, 6.45) is -0.935. The summed E-state index contributed by atoms with van der Waals surface area (Å²) in [5.74, 6) is -1.79. The smallest absolute Gasteiger partial charge is 0.184 e. The average molecular weight is 384 g/mol. The Kier molecular flexibility index (Phi) is 4.05. The molecular formula is C21H27F3O3. The highest BCUT2D eigenvalue weighted by Crippen LogP contribution is 2.68. The zero-order chi connectivity index (χ0) is 19.9. The maximum Gasteiger partial charge on any atom is 0.184 e. The molecular weight excluding hydrogens is 357 g/mol. The third-order valence-corrected chi connectivity index (χ3v) is 8.23. The van der Waals surface area contributed by atoms with Crippen LogP contribution in [0.4, 0.5) is 13.2 Å². The second-order valence-corrected chi connectivity index (χ2v) is 9.54. The summed E-state index contributed by atoms with van der Waals surface area (Å²) in [6, 6.07) is 0. The molecule has 0 aromatic carbocycles. The molecule has 9 atom stereocenters. The maximum atomic E-state index is 16.8. The fourth-order valence-electron chi connectivity index (χ4n) is 6.82. The van der Waals surface area contributed by atoms with Crippen LogP contribution in [0.2, 0.25) is 0 Å². The van der Waals surface area contributed by atoms with E-state index in [0.717, 1.165) is 6.08 Å². The largest absolute Gasteiger partial charge is 0.392 e. The molecule has 6 heteroatoms. The fourth-order valence-corrected chi connectivity index (χ4v) is 6.82. The van der Waals surface area contributed by atoms with Gasteiger partial charge in [-0.25, -0.2) is 13.2 Å². The minimum Gasteiger partial charge on any atom is -0.392 e. The molecule has 0 spiro atoms. The molecule has 0 bridgehead atoms. The molecule has 0 radical (unpaired) electrons. The molecule has 3 fully saturated rings. The van der Waals surface area contributed by atoms with Gasteiger partial charge in [-0.1, -0.05) is 19.9 Å². The Labute approximate surface area is 157 Å². The highest BCUT2D eigenvalue weighted by Gasteiger charge is 2.72. The number of hydrogen-bond acceptors (Lipinski definition) is 3. The first kappa shape index (κ1) is 19.2. The van der Waals surface area contributed by atoms with Crippen LogP contribution in [0.1, 0.15) is 40.0 Å². The molecule has 0 unspecified atom stereocenters. The normalized spacial score (nSPS) is 54.6. The van der Waals surface area contributed by atoms with Crippen molar-refractivity contribution in [3.63, 3.8) is 0 Å². The molecule has 27 heavy (non-hydrogen) atoms. The van der Waals surface area contributed by atoms with Crippen molar-refractivity contribution in [1.82, 2.24) is 0 Å². The van der Waals surface area contributed by atoms with E-state index in [1.807, 2.05) is 13.8 Å². The van der Waals surface area contributed by atoms with Gasteiger partial charge in [-0.3, -0.25) is 4.79 Å². The number of rotatable bonds is 1. The Bertz CT molecular complexity index is 749. The molecule has 0 aromatic heterocycles. The maximum absolute atomic E-state index is 16.8. The minimum atomic E-state index is -2.21. The van der Waals surface area contributed by atoms with Crippen LogP contribution in [0.3, 0.4) is 0 Å². The van der Waals surface area contributed by atoms with Crippen molar-refractivity contribution in [3.8, 4) is 0 Å². The molecule has 0 heterocycles. The SMILES string of the molecule is C[C@@H]1C[C@H]2[C@@H]3C[C@H](F)C4=CC(=O)C(CF)=C[C@]4(C)[C@@]3(F)[C@@H](O)C[C@]2(C)[C@H]1O. The first-order valence-electron chi connectivity index (χ1n) is 9.74. The number of fused-ring (bicyclic) bond motifs is 5. The van der Waals surface area contributed by atoms with Gasteiger partial charge >= 0.3 is 0 Å². The third-order valence-electron chi connectivity index (χ3n) is 8.23. The van der Waals surface area contributed by atoms with Gasteiger partial charge < -0.3 is 10.2 Å². The van der Waals surface area contributed by atoms with E-state index in [9.17, 15) is 19.4 Å². The van der Waals surface area contributed by atoms with Gasteiger partial charge in [0.05, 0.1) is 12.2 Å². The zero-order valence-corrected chi connectivity index (χ0v) is 15.9. The zero-order valence-electron chi connectivity index (χ0n) is 15.9. The lowest BCUT2D eigenvalue weighted by Gasteiger charge is -2.62. The number of hydrogen-bond donors (Lipinski definition) is 2. The lowest BCUT2D eigenvalue weighted by atomic mass is 9.45. The van der Waals surface area contributed by atoms with E-state index in [2.05, 4.69) is 0 Å². The number of aliphatic hydroxyl groups excluding tert-OH is 2. The minimum absolute atomic E-state index is 0.00213. The standard InChI is InChI=1S/C21H27F3O3/c1-10-4-12-13-5-15(23)14-6-16(25)11(9-22)7-20(14,3)21(13,24)17(26)8-19(12,2)18(10)27/h6-7,10,12-13,15,17-18,26-27H,4-5,8-9H2,1-3H3/t10-,12+,13+,15+,17+,18+,19+,20+,21+/m1/s1. The molecule has 0 aliphatic heterocycles. The van der Waals surface area contributed by atoms with E-state index in [1.54, 1.807) is 0 Å². The predicted molar refractivity (Wildman–Crippen MR) is 94.1 cm³/mol. The summed E-state index contributed by atoms with van der Waals surface area (Å²) in [6.45, 7) is 4.16. The molecule has 4 rings (SSSR count). The van der Waals surface area contributed by atoms with E-state index in [-0.39, 0.29) is 35.8 Å². The second-order valence-electron chi connectivity index (χ2n) is 9.54. The summed E-state index contributed by atoms with van der Waals surface area (Å²) in [5.41, 5.74) is -4.67. The van der Waals surface area contributed by atoms with Crippen LogP contribution >= 0.6 is 0 Å². The first-order valence-corrected chi connectivity index (χ1v) is 9.74. The molecule has 0 amide bonds. The van der Waals surface area contributed by atoms with Gasteiger partial charge in [0.25, 0.3) is 0 Å². The quantitative estimate of drug-likeness (QED) is 0.730. The molecule has 2 N–H and O–H groups in total. The Balaban J connectivity index is 1.88. The van der Waals surface area contributed by atoms with Crippen molar-refractivity contribution in [2.24, 2.45) is 28.6 Å². The summed E-state index contributed by atoms with van der Waals surface area (Å²) in [4.78, 5) is 12.1. The van der Waals surface area contributed by atoms with E-state index in [1.165, 1.54) is 13.0 Å². The Morgan fingerprint density at radius 2 is 1.89 bits per heavy atom. The first-order chi connectivity index (χ1) is 12.5. The van der Waals surface area contributed by atoms with E-state index < -0.39 is 53.3 Å². The van der Waals surface area contributed by atoms with Gasteiger partial charge in [0, 0.05) is 16.9 Å². The van der Waals surface area contributed by atoms with Gasteiger partial charge in [0.2, 0.25) is 0 Å². The van der Waals surface area contributed by atoms with Crippen LogP contribution in [-0.4, -0.2) is 46.7 Å². The number of aliphatic hydroxyl groups is 2. The Morgan fingerprint density at radius 3 is 2.52 bits per heavy atom. The highest BCUT2D eigenvalue weighted by molar-refractivity contribution is 6.06. The topological polar surface area (TPSA) is 57.5 Å². The average Bonchev–Trinajstić information content (AvgIpc) is 2.83. The van der Waals surface area contributed by atoms with Crippen molar-refractivity contribution in [1.29, 1.82) is 0 Å². The lowest BCUT2D eigenvalue weighted by Crippen LogP contribution is -2.68. The lowest BCUT2D eigenvalue weighted by molar-refractivity contribution is -0.207. The van der Waals surface area contributed by atoms with Gasteiger partial charge in [0.1, 0.15) is 12.8 Å². The summed E-state index contributed by atoms with van der Waals surface area (Å²) < 4.78 is 45.3.